The van der Waals surface area contributed by atoms with Crippen LogP contribution < -0.4 is 36.0 Å². The van der Waals surface area contributed by atoms with E-state index in [9.17, 15) is 28.8 Å². The number of carbonyl (C=O) groups is 5. The van der Waals surface area contributed by atoms with E-state index in [1.54, 1.807) is 29.0 Å². The van der Waals surface area contributed by atoms with Crippen LogP contribution in [-0.2, 0) is 19.1 Å². The molecule has 9 rings (SSSR count). The zero-order valence-corrected chi connectivity index (χ0v) is 38.3. The van der Waals surface area contributed by atoms with Crippen LogP contribution in [0.5, 0.6) is 5.75 Å². The molecule has 3 saturated heterocycles. The molecule has 66 heavy (non-hydrogen) atoms. The molecule has 18 nitrogen and oxygen atoms in total. The van der Waals surface area contributed by atoms with Crippen molar-refractivity contribution in [2.24, 2.45) is 0 Å². The monoisotopic (exact) mass is 922 g/mol. The molecule has 4 aromatic rings. The molecule has 0 radical (unpaired) electrons. The highest BCUT2D eigenvalue weighted by molar-refractivity contribution is 6.33. The van der Waals surface area contributed by atoms with Gasteiger partial charge in [-0.15, -0.1) is 0 Å². The van der Waals surface area contributed by atoms with Crippen molar-refractivity contribution in [1.29, 1.82) is 0 Å². The van der Waals surface area contributed by atoms with Gasteiger partial charge in [-0.05, 0) is 102 Å². The van der Waals surface area contributed by atoms with Crippen molar-refractivity contribution in [3.05, 3.63) is 75.2 Å². The van der Waals surface area contributed by atoms with E-state index in [0.29, 0.717) is 51.4 Å². The largest absolute Gasteiger partial charge is 0.478 e. The first-order valence-electron chi connectivity index (χ1n) is 22.8. The molecule has 4 aliphatic heterocycles. The van der Waals surface area contributed by atoms with Crippen LogP contribution >= 0.6 is 11.6 Å². The minimum absolute atomic E-state index is 0.0814. The van der Waals surface area contributed by atoms with Gasteiger partial charge in [0, 0.05) is 68.8 Å². The van der Waals surface area contributed by atoms with E-state index in [-0.39, 0.29) is 54.9 Å². The summed E-state index contributed by atoms with van der Waals surface area (Å²) in [5, 5.41) is 9.21. The van der Waals surface area contributed by atoms with Gasteiger partial charge in [-0.3, -0.25) is 43.9 Å². The molecule has 5 aliphatic rings. The number of anilines is 4. The summed E-state index contributed by atoms with van der Waals surface area (Å²) < 4.78 is 14.0. The van der Waals surface area contributed by atoms with Gasteiger partial charge in [-0.2, -0.15) is 4.98 Å². The second-order valence-electron chi connectivity index (χ2n) is 18.1. The number of rotatable bonds is 13. The molecule has 1 unspecified atom stereocenters. The van der Waals surface area contributed by atoms with E-state index in [1.165, 1.54) is 7.05 Å². The first kappa shape index (κ1) is 45.1. The van der Waals surface area contributed by atoms with Crippen LogP contribution in [0.4, 0.5) is 23.1 Å². The molecule has 5 amide bonds. The number of amides is 5. The summed E-state index contributed by atoms with van der Waals surface area (Å²) in [6, 6.07) is 12.1. The van der Waals surface area contributed by atoms with E-state index in [0.717, 1.165) is 80.5 Å². The van der Waals surface area contributed by atoms with E-state index >= 15 is 0 Å². The number of nitrogens with zero attached hydrogens (tertiary/aromatic N) is 7. The van der Waals surface area contributed by atoms with Gasteiger partial charge in [0.2, 0.25) is 17.8 Å². The van der Waals surface area contributed by atoms with Crippen LogP contribution in [0.1, 0.15) is 92.0 Å². The molecule has 348 valence electrons. The lowest BCUT2D eigenvalue weighted by Gasteiger charge is -2.49. The summed E-state index contributed by atoms with van der Waals surface area (Å²) in [5.74, 6) is -1.21. The number of hydrogen-bond donors (Lipinski definition) is 3. The number of hydrogen-bond acceptors (Lipinski definition) is 14. The van der Waals surface area contributed by atoms with Crippen LogP contribution in [0.25, 0.3) is 10.9 Å². The molecule has 2 aromatic carbocycles. The van der Waals surface area contributed by atoms with Gasteiger partial charge in [0.1, 0.15) is 11.1 Å². The van der Waals surface area contributed by atoms with E-state index < -0.39 is 29.7 Å². The SMILES string of the molecule is CNC(=O)COc1cc2cc(Nc3nc(N4CCC(OC5CCC(N(C)C6CN(c7cccc8c7C(=O)N(C7CCC(=O)NC7=O)C8=O)C6)CC5)CC4)ncc3Cl)ccc2n(C(C)C)c1=O. The third kappa shape index (κ3) is 8.80. The Labute approximate surface area is 386 Å². The molecule has 0 bridgehead atoms. The Morgan fingerprint density at radius 3 is 2.38 bits per heavy atom. The maximum absolute atomic E-state index is 13.7. The number of fused-ring (bicyclic) bond motifs is 2. The van der Waals surface area contributed by atoms with Gasteiger partial charge < -0.3 is 34.5 Å². The molecule has 1 aliphatic carbocycles. The molecule has 6 heterocycles. The lowest BCUT2D eigenvalue weighted by Crippen LogP contribution is -2.61. The molecule has 4 fully saturated rings. The van der Waals surface area contributed by atoms with Crippen molar-refractivity contribution in [3.63, 3.8) is 0 Å². The molecule has 3 N–H and O–H groups in total. The number of aromatic nitrogens is 3. The average Bonchev–Trinajstić information content (AvgIpc) is 3.54. The highest BCUT2D eigenvalue weighted by atomic mass is 35.5. The molecule has 1 saturated carbocycles. The fourth-order valence-electron chi connectivity index (χ4n) is 9.99. The minimum Gasteiger partial charge on any atom is -0.478 e. The van der Waals surface area contributed by atoms with Crippen LogP contribution in [-0.4, -0.2) is 131 Å². The van der Waals surface area contributed by atoms with Gasteiger partial charge in [-0.25, -0.2) is 4.98 Å². The van der Waals surface area contributed by atoms with Crippen molar-refractivity contribution >= 4 is 75.2 Å². The lowest BCUT2D eigenvalue weighted by atomic mass is 9.89. The number of nitrogens with one attached hydrogen (secondary N) is 3. The lowest BCUT2D eigenvalue weighted by molar-refractivity contribution is -0.136. The number of halogens is 1. The van der Waals surface area contributed by atoms with E-state index in [2.05, 4.69) is 42.7 Å². The van der Waals surface area contributed by atoms with Crippen molar-refractivity contribution in [1.82, 2.24) is 35.0 Å². The third-order valence-corrected chi connectivity index (χ3v) is 14.0. The Morgan fingerprint density at radius 1 is 0.924 bits per heavy atom. The van der Waals surface area contributed by atoms with Crippen LogP contribution in [0, 0.1) is 0 Å². The zero-order chi connectivity index (χ0) is 46.4. The number of piperidine rings is 2. The van der Waals surface area contributed by atoms with Gasteiger partial charge in [0.15, 0.2) is 18.2 Å². The second kappa shape index (κ2) is 18.6. The van der Waals surface area contributed by atoms with Gasteiger partial charge in [0.05, 0.1) is 40.7 Å². The molecule has 2 aromatic heterocycles. The van der Waals surface area contributed by atoms with Crippen LogP contribution in [0.3, 0.4) is 0 Å². The molecular formula is C47H55ClN10O8. The second-order valence-corrected chi connectivity index (χ2v) is 18.5. The quantitative estimate of drug-likeness (QED) is 0.159. The van der Waals surface area contributed by atoms with Gasteiger partial charge >= 0.3 is 0 Å². The predicted octanol–water partition coefficient (Wildman–Crippen LogP) is 4.41. The third-order valence-electron chi connectivity index (χ3n) is 13.7. The maximum atomic E-state index is 13.7. The number of imide groups is 2. The summed E-state index contributed by atoms with van der Waals surface area (Å²) >= 11 is 6.61. The molecule has 1 atom stereocenters. The van der Waals surface area contributed by atoms with Gasteiger partial charge in [-0.1, -0.05) is 17.7 Å². The Hall–Kier alpha value is -6.11. The fourth-order valence-corrected chi connectivity index (χ4v) is 10.1. The molecule has 19 heteroatoms. The Kier molecular flexibility index (Phi) is 12.7. The summed E-state index contributed by atoms with van der Waals surface area (Å²) in [5.41, 5.74) is 2.46. The Bertz CT molecular complexity index is 2640. The average molecular weight is 923 g/mol. The van der Waals surface area contributed by atoms with Crippen molar-refractivity contribution in [3.8, 4) is 5.75 Å². The topological polar surface area (TPSA) is 201 Å². The van der Waals surface area contributed by atoms with Crippen molar-refractivity contribution < 1.29 is 33.4 Å². The highest BCUT2D eigenvalue weighted by Crippen LogP contribution is 2.38. The van der Waals surface area contributed by atoms with Crippen LogP contribution in [0.15, 0.2) is 53.5 Å². The normalized spacial score (nSPS) is 21.7. The smallest absolute Gasteiger partial charge is 0.293 e. The standard InChI is InChI=1S/C47H55ClN10O8/c1-26(2)57-35-13-8-28(20-27(35)21-38(45(57)63)65-25-40(60)49-3)51-42-34(48)22-50-47(53-42)55-18-16-32(17-19-55)66-31-11-9-29(10-12-31)54(4)30-23-56(24-30)36-7-5-6-33-41(36)46(64)58(44(33)62)37-14-15-39(59)52-43(37)61/h5-8,13,20-22,26,29-32,37H,9-12,14-19,23-25H2,1-4H3,(H,49,60)(H,50,51,53)(H,52,59,61). The number of ether oxygens (including phenoxy) is 2. The van der Waals surface area contributed by atoms with Crippen molar-refractivity contribution in [2.45, 2.75) is 102 Å². The zero-order valence-electron chi connectivity index (χ0n) is 37.5. The number of pyridine rings is 1. The first-order chi connectivity index (χ1) is 31.8. The molecular weight excluding hydrogens is 868 g/mol. The summed E-state index contributed by atoms with van der Waals surface area (Å²) in [7, 11) is 3.69. The highest BCUT2D eigenvalue weighted by Gasteiger charge is 2.47. The predicted molar refractivity (Wildman–Crippen MR) is 248 cm³/mol. The van der Waals surface area contributed by atoms with Crippen molar-refractivity contribution in [2.75, 3.05) is 62.0 Å². The molecule has 0 spiro atoms. The Morgan fingerprint density at radius 2 is 1.67 bits per heavy atom. The minimum atomic E-state index is -0.993. The van der Waals surface area contributed by atoms with E-state index in [4.69, 9.17) is 26.1 Å². The Balaban J connectivity index is 0.751. The van der Waals surface area contributed by atoms with Gasteiger partial charge in [0.25, 0.3) is 23.3 Å². The summed E-state index contributed by atoms with van der Waals surface area (Å²) in [6.45, 7) is 6.49. The fraction of sp³-hybridized carbons (Fsp3) is 0.489. The number of likely N-dealkylation sites (N-methyl/N-ethyl adjacent to an activating group) is 2. The number of benzene rings is 2. The maximum Gasteiger partial charge on any atom is 0.293 e. The van der Waals surface area contributed by atoms with Crippen LogP contribution in [0.2, 0.25) is 5.02 Å². The number of carbonyl (C=O) groups excluding carboxylic acids is 5. The summed E-state index contributed by atoms with van der Waals surface area (Å²) in [6.07, 6.45) is 7.87. The first-order valence-corrected chi connectivity index (χ1v) is 23.2. The van der Waals surface area contributed by atoms with E-state index in [1.807, 2.05) is 38.1 Å². The summed E-state index contributed by atoms with van der Waals surface area (Å²) in [4.78, 5) is 93.6.